The summed E-state index contributed by atoms with van der Waals surface area (Å²) in [5.74, 6) is -0.349. The van der Waals surface area contributed by atoms with E-state index >= 15 is 0 Å². The van der Waals surface area contributed by atoms with Crippen LogP contribution in [0.4, 0.5) is 15.2 Å². The average molecular weight is 306 g/mol. The molecule has 2 amide bonds. The van der Waals surface area contributed by atoms with Crippen molar-refractivity contribution in [2.45, 2.75) is 19.1 Å². The van der Waals surface area contributed by atoms with Crippen molar-refractivity contribution in [2.75, 3.05) is 12.3 Å². The Labute approximate surface area is 119 Å². The van der Waals surface area contributed by atoms with Gasteiger partial charge in [-0.25, -0.2) is 14.8 Å². The van der Waals surface area contributed by atoms with E-state index in [0.717, 1.165) is 0 Å². The van der Waals surface area contributed by atoms with Gasteiger partial charge in [0.1, 0.15) is 12.1 Å². The highest BCUT2D eigenvalue weighted by molar-refractivity contribution is 5.85. The monoisotopic (exact) mass is 305 g/mol. The van der Waals surface area contributed by atoms with Crippen LogP contribution in [0.1, 0.15) is 18.7 Å². The predicted octanol–water partition coefficient (Wildman–Crippen LogP) is 0.363. The second kappa shape index (κ2) is 6.33. The molecular formula is C10H13ClFN5O3. The van der Waals surface area contributed by atoms with E-state index in [-0.39, 0.29) is 41.6 Å². The first-order chi connectivity index (χ1) is 8.99. The number of rotatable bonds is 3. The molecule has 2 heterocycles. The molecule has 0 spiro atoms. The SMILES string of the molecule is CC(=O)NC[C@@H]1OC(=O)N(F)C1c1ccnc(N)n1.Cl. The van der Waals surface area contributed by atoms with Crippen LogP contribution < -0.4 is 11.1 Å². The van der Waals surface area contributed by atoms with Crippen LogP contribution in [0, 0.1) is 0 Å². The lowest BCUT2D eigenvalue weighted by molar-refractivity contribution is -0.119. The van der Waals surface area contributed by atoms with Crippen LogP contribution in [0.3, 0.4) is 0 Å². The molecule has 1 unspecified atom stereocenters. The van der Waals surface area contributed by atoms with E-state index in [9.17, 15) is 14.1 Å². The van der Waals surface area contributed by atoms with Gasteiger partial charge in [0, 0.05) is 13.1 Å². The van der Waals surface area contributed by atoms with Crippen molar-refractivity contribution in [1.82, 2.24) is 20.4 Å². The third-order valence-electron chi connectivity index (χ3n) is 2.57. The molecule has 0 aromatic carbocycles. The van der Waals surface area contributed by atoms with Gasteiger partial charge >= 0.3 is 6.09 Å². The van der Waals surface area contributed by atoms with E-state index in [4.69, 9.17) is 10.5 Å². The Kier molecular flexibility index (Phi) is 5.03. The van der Waals surface area contributed by atoms with Gasteiger partial charge in [-0.3, -0.25) is 4.79 Å². The average Bonchev–Trinajstić information content (AvgIpc) is 2.63. The van der Waals surface area contributed by atoms with Gasteiger partial charge in [-0.1, -0.05) is 4.48 Å². The van der Waals surface area contributed by atoms with Crippen molar-refractivity contribution in [2.24, 2.45) is 0 Å². The molecule has 10 heteroatoms. The Morgan fingerprint density at radius 3 is 2.95 bits per heavy atom. The van der Waals surface area contributed by atoms with Crippen LogP contribution in [0.2, 0.25) is 0 Å². The summed E-state index contributed by atoms with van der Waals surface area (Å²) in [4.78, 5) is 29.6. The Morgan fingerprint density at radius 2 is 2.35 bits per heavy atom. The highest BCUT2D eigenvalue weighted by Crippen LogP contribution is 2.32. The molecule has 20 heavy (non-hydrogen) atoms. The molecule has 0 aliphatic carbocycles. The summed E-state index contributed by atoms with van der Waals surface area (Å²) >= 11 is 0. The first kappa shape index (κ1) is 15.9. The Morgan fingerprint density at radius 1 is 1.65 bits per heavy atom. The number of hydrogen-bond acceptors (Lipinski definition) is 6. The molecule has 1 fully saturated rings. The van der Waals surface area contributed by atoms with E-state index in [1.807, 2.05) is 0 Å². The number of amides is 2. The van der Waals surface area contributed by atoms with Gasteiger partial charge in [-0.2, -0.15) is 0 Å². The fourth-order valence-corrected chi connectivity index (χ4v) is 1.76. The van der Waals surface area contributed by atoms with E-state index in [0.29, 0.717) is 0 Å². The number of halogens is 2. The smallest absolute Gasteiger partial charge is 0.439 e. The Hall–Kier alpha value is -2.16. The van der Waals surface area contributed by atoms with E-state index < -0.39 is 18.2 Å². The largest absolute Gasteiger partial charge is 0.440 e. The third-order valence-corrected chi connectivity index (χ3v) is 2.57. The van der Waals surface area contributed by atoms with Gasteiger partial charge in [0.25, 0.3) is 0 Å². The lowest BCUT2D eigenvalue weighted by Crippen LogP contribution is -2.34. The second-order valence-corrected chi connectivity index (χ2v) is 3.96. The van der Waals surface area contributed by atoms with Crippen molar-refractivity contribution >= 4 is 30.4 Å². The molecular weight excluding hydrogens is 293 g/mol. The summed E-state index contributed by atoms with van der Waals surface area (Å²) in [6.45, 7) is 1.29. The van der Waals surface area contributed by atoms with Crippen molar-refractivity contribution in [3.63, 3.8) is 0 Å². The van der Waals surface area contributed by atoms with Gasteiger partial charge in [0.2, 0.25) is 11.9 Å². The topological polar surface area (TPSA) is 110 Å². The summed E-state index contributed by atoms with van der Waals surface area (Å²) < 4.78 is 18.5. The van der Waals surface area contributed by atoms with Crippen molar-refractivity contribution < 1.29 is 18.8 Å². The number of anilines is 1. The maximum atomic E-state index is 13.7. The zero-order chi connectivity index (χ0) is 14.0. The number of ether oxygens (including phenoxy) is 1. The van der Waals surface area contributed by atoms with Gasteiger partial charge < -0.3 is 15.8 Å². The number of nitrogens with one attached hydrogen (secondary N) is 1. The fraction of sp³-hybridized carbons (Fsp3) is 0.400. The maximum absolute atomic E-state index is 13.7. The molecule has 2 atom stereocenters. The molecule has 8 nitrogen and oxygen atoms in total. The van der Waals surface area contributed by atoms with Gasteiger partial charge in [0.15, 0.2) is 0 Å². The third kappa shape index (κ3) is 3.23. The quantitative estimate of drug-likeness (QED) is 0.780. The highest BCUT2D eigenvalue weighted by atomic mass is 35.5. The van der Waals surface area contributed by atoms with Crippen molar-refractivity contribution in [1.29, 1.82) is 0 Å². The number of carbonyl (C=O) groups is 2. The molecule has 0 bridgehead atoms. The molecule has 3 N–H and O–H groups in total. The number of hydrogen-bond donors (Lipinski definition) is 2. The molecule has 0 radical (unpaired) electrons. The number of aromatic nitrogens is 2. The molecule has 1 aromatic rings. The number of cyclic esters (lactones) is 1. The van der Waals surface area contributed by atoms with Crippen molar-refractivity contribution in [3.8, 4) is 0 Å². The molecule has 1 aromatic heterocycles. The second-order valence-electron chi connectivity index (χ2n) is 3.96. The molecule has 110 valence electrons. The van der Waals surface area contributed by atoms with Crippen LogP contribution in [-0.4, -0.2) is 39.7 Å². The van der Waals surface area contributed by atoms with Crippen LogP contribution >= 0.6 is 12.4 Å². The van der Waals surface area contributed by atoms with E-state index in [1.165, 1.54) is 19.2 Å². The number of carbonyl (C=O) groups excluding carboxylic acids is 2. The molecule has 1 aliphatic heterocycles. The first-order valence-corrected chi connectivity index (χ1v) is 5.47. The Bertz CT molecular complexity index is 517. The highest BCUT2D eigenvalue weighted by Gasteiger charge is 2.44. The first-order valence-electron chi connectivity index (χ1n) is 5.47. The number of nitrogens with zero attached hydrogens (tertiary/aromatic N) is 3. The lowest BCUT2D eigenvalue weighted by Gasteiger charge is -2.17. The Balaban J connectivity index is 0.00000200. The number of nitrogens with two attached hydrogens (primary N) is 1. The summed E-state index contributed by atoms with van der Waals surface area (Å²) in [5.41, 5.74) is 5.62. The van der Waals surface area contributed by atoms with Crippen LogP contribution in [0.5, 0.6) is 0 Å². The van der Waals surface area contributed by atoms with Gasteiger partial charge in [-0.15, -0.1) is 17.5 Å². The molecule has 2 rings (SSSR count). The zero-order valence-electron chi connectivity index (χ0n) is 10.4. The summed E-state index contributed by atoms with van der Waals surface area (Å²) in [6, 6.07) is 0.362. The van der Waals surface area contributed by atoms with Crippen LogP contribution in [0.15, 0.2) is 12.3 Å². The minimum Gasteiger partial charge on any atom is -0.440 e. The van der Waals surface area contributed by atoms with Crippen molar-refractivity contribution in [3.05, 3.63) is 18.0 Å². The molecule has 1 saturated heterocycles. The maximum Gasteiger partial charge on any atom is 0.439 e. The lowest BCUT2D eigenvalue weighted by atomic mass is 10.1. The molecule has 1 aliphatic rings. The summed E-state index contributed by atoms with van der Waals surface area (Å²) in [5, 5.41) is 2.38. The number of nitrogen functional groups attached to an aromatic ring is 1. The van der Waals surface area contributed by atoms with Crippen LogP contribution in [0.25, 0.3) is 0 Å². The molecule has 0 saturated carbocycles. The van der Waals surface area contributed by atoms with Gasteiger partial charge in [-0.05, 0) is 6.07 Å². The minimum absolute atomic E-state index is 0. The fourth-order valence-electron chi connectivity index (χ4n) is 1.76. The van der Waals surface area contributed by atoms with E-state index in [1.54, 1.807) is 0 Å². The summed E-state index contributed by atoms with van der Waals surface area (Å²) in [7, 11) is 0. The van der Waals surface area contributed by atoms with Crippen LogP contribution in [-0.2, 0) is 9.53 Å². The van der Waals surface area contributed by atoms with Gasteiger partial charge in [0.05, 0.1) is 12.2 Å². The van der Waals surface area contributed by atoms with E-state index in [2.05, 4.69) is 15.3 Å². The minimum atomic E-state index is -1.13. The normalized spacial score (nSPS) is 21.1. The summed E-state index contributed by atoms with van der Waals surface area (Å²) in [6.07, 6.45) is -0.655. The zero-order valence-corrected chi connectivity index (χ0v) is 11.3. The standard InChI is InChI=1S/C10H12FN5O3.ClH/c1-5(17)14-4-7-8(16(11)10(18)19-7)6-2-3-13-9(12)15-6;/h2-3,7-8H,4H2,1H3,(H,14,17)(H2,12,13,15);1H/t7-,8?;/m0./s1. The predicted molar refractivity (Wildman–Crippen MR) is 68.3 cm³/mol.